The number of methoxy groups -OCH3 is 1. The average molecular weight is 271 g/mol. The summed E-state index contributed by atoms with van der Waals surface area (Å²) in [5.41, 5.74) is 1.20. The summed E-state index contributed by atoms with van der Waals surface area (Å²) in [7, 11) is 1.77. The molecule has 0 saturated carbocycles. The summed E-state index contributed by atoms with van der Waals surface area (Å²) in [6, 6.07) is 2.11. The molecule has 1 aromatic heterocycles. The number of nitrogens with zero attached hydrogens (tertiary/aromatic N) is 2. The van der Waals surface area contributed by atoms with E-state index in [1.807, 2.05) is 12.4 Å². The summed E-state index contributed by atoms with van der Waals surface area (Å²) in [5.74, 6) is 0.661. The fourth-order valence-corrected chi connectivity index (χ4v) is 2.37. The largest absolute Gasteiger partial charge is 0.384 e. The maximum atomic E-state index is 5.18. The molecule has 2 rings (SSSR count). The fraction of sp³-hybridized carbons (Fsp3) is 0.545. The quantitative estimate of drug-likeness (QED) is 0.843. The van der Waals surface area contributed by atoms with Crippen molar-refractivity contribution in [3.8, 4) is 0 Å². The van der Waals surface area contributed by atoms with Crippen LogP contribution in [0.3, 0.4) is 0 Å². The Morgan fingerprint density at radius 3 is 3.20 bits per heavy atom. The fourth-order valence-electron chi connectivity index (χ4n) is 2.01. The highest BCUT2D eigenvalue weighted by Crippen LogP contribution is 2.25. The second kappa shape index (κ2) is 4.94. The molecule has 1 atom stereocenters. The van der Waals surface area contributed by atoms with Gasteiger partial charge in [-0.15, -0.1) is 0 Å². The lowest BCUT2D eigenvalue weighted by Gasteiger charge is -2.18. The van der Waals surface area contributed by atoms with Gasteiger partial charge in [0.2, 0.25) is 0 Å². The van der Waals surface area contributed by atoms with Gasteiger partial charge in [0.25, 0.3) is 0 Å². The van der Waals surface area contributed by atoms with E-state index in [1.54, 1.807) is 7.11 Å². The summed E-state index contributed by atoms with van der Waals surface area (Å²) in [5, 5.41) is 0. The van der Waals surface area contributed by atoms with Crippen LogP contribution in [0, 0.1) is 5.92 Å². The Balaban J connectivity index is 2.01. The Bertz CT molecular complexity index is 332. The van der Waals surface area contributed by atoms with Crippen molar-refractivity contribution in [2.45, 2.75) is 6.42 Å². The standard InChI is InChI=1S/C11H15BrN2O/c1-15-8-9-2-3-14(7-9)11-4-10(12)5-13-6-11/h4-6,9H,2-3,7-8H2,1H3/t9-/m0/s1. The van der Waals surface area contributed by atoms with E-state index in [2.05, 4.69) is 31.9 Å². The maximum Gasteiger partial charge on any atom is 0.0564 e. The minimum atomic E-state index is 0.661. The number of pyridine rings is 1. The number of hydrogen-bond acceptors (Lipinski definition) is 3. The van der Waals surface area contributed by atoms with Crippen molar-refractivity contribution < 1.29 is 4.74 Å². The zero-order chi connectivity index (χ0) is 10.7. The topological polar surface area (TPSA) is 25.4 Å². The molecule has 1 aliphatic heterocycles. The molecule has 0 unspecified atom stereocenters. The van der Waals surface area contributed by atoms with Gasteiger partial charge in [-0.25, -0.2) is 0 Å². The predicted octanol–water partition coefficient (Wildman–Crippen LogP) is 2.32. The highest BCUT2D eigenvalue weighted by atomic mass is 79.9. The first-order valence-corrected chi connectivity index (χ1v) is 5.93. The molecule has 2 heterocycles. The number of rotatable bonds is 3. The smallest absolute Gasteiger partial charge is 0.0564 e. The lowest BCUT2D eigenvalue weighted by molar-refractivity contribution is 0.161. The Morgan fingerprint density at radius 1 is 1.60 bits per heavy atom. The molecule has 82 valence electrons. The molecule has 15 heavy (non-hydrogen) atoms. The third-order valence-electron chi connectivity index (χ3n) is 2.74. The molecule has 1 fully saturated rings. The van der Waals surface area contributed by atoms with Crippen molar-refractivity contribution in [2.75, 3.05) is 31.7 Å². The minimum Gasteiger partial charge on any atom is -0.384 e. The van der Waals surface area contributed by atoms with E-state index >= 15 is 0 Å². The molecule has 0 bridgehead atoms. The van der Waals surface area contributed by atoms with Crippen LogP contribution in [-0.4, -0.2) is 31.8 Å². The highest BCUT2D eigenvalue weighted by Gasteiger charge is 2.22. The lowest BCUT2D eigenvalue weighted by Crippen LogP contribution is -2.21. The monoisotopic (exact) mass is 270 g/mol. The van der Waals surface area contributed by atoms with Crippen molar-refractivity contribution in [2.24, 2.45) is 5.92 Å². The molecule has 0 radical (unpaired) electrons. The van der Waals surface area contributed by atoms with Gasteiger partial charge < -0.3 is 9.64 Å². The van der Waals surface area contributed by atoms with Gasteiger partial charge in [0.05, 0.1) is 18.5 Å². The van der Waals surface area contributed by atoms with Crippen molar-refractivity contribution in [1.82, 2.24) is 4.98 Å². The second-order valence-corrected chi connectivity index (χ2v) is 4.83. The van der Waals surface area contributed by atoms with Crippen LogP contribution in [0.5, 0.6) is 0 Å². The van der Waals surface area contributed by atoms with Crippen LogP contribution < -0.4 is 4.90 Å². The molecule has 1 aliphatic rings. The van der Waals surface area contributed by atoms with Gasteiger partial charge in [-0.1, -0.05) is 0 Å². The second-order valence-electron chi connectivity index (χ2n) is 3.92. The molecule has 0 amide bonds. The molecule has 0 aromatic carbocycles. The molecule has 1 saturated heterocycles. The molecular weight excluding hydrogens is 256 g/mol. The molecule has 4 heteroatoms. The van der Waals surface area contributed by atoms with E-state index in [9.17, 15) is 0 Å². The third-order valence-corrected chi connectivity index (χ3v) is 3.18. The number of halogens is 1. The summed E-state index contributed by atoms with van der Waals surface area (Å²) in [4.78, 5) is 6.54. The first-order valence-electron chi connectivity index (χ1n) is 5.14. The van der Waals surface area contributed by atoms with Crippen LogP contribution in [0.1, 0.15) is 6.42 Å². The van der Waals surface area contributed by atoms with E-state index in [0.29, 0.717) is 5.92 Å². The lowest BCUT2D eigenvalue weighted by atomic mass is 10.1. The van der Waals surface area contributed by atoms with E-state index < -0.39 is 0 Å². The SMILES string of the molecule is COC[C@H]1CCN(c2cncc(Br)c2)C1. The number of aromatic nitrogens is 1. The normalized spacial score (nSPS) is 20.9. The van der Waals surface area contributed by atoms with E-state index in [-0.39, 0.29) is 0 Å². The van der Waals surface area contributed by atoms with Crippen LogP contribution in [-0.2, 0) is 4.74 Å². The van der Waals surface area contributed by atoms with Crippen LogP contribution in [0.4, 0.5) is 5.69 Å². The van der Waals surface area contributed by atoms with E-state index in [4.69, 9.17) is 4.74 Å². The van der Waals surface area contributed by atoms with Crippen LogP contribution in [0.15, 0.2) is 22.9 Å². The molecule has 0 aliphatic carbocycles. The van der Waals surface area contributed by atoms with Gasteiger partial charge in [-0.2, -0.15) is 0 Å². The first-order chi connectivity index (χ1) is 7.29. The Labute approximate surface area is 98.6 Å². The summed E-state index contributed by atoms with van der Waals surface area (Å²) < 4.78 is 6.22. The zero-order valence-corrected chi connectivity index (χ0v) is 10.4. The molecular formula is C11H15BrN2O. The summed E-state index contributed by atoms with van der Waals surface area (Å²) in [6.45, 7) is 3.04. The van der Waals surface area contributed by atoms with Crippen LogP contribution in [0.25, 0.3) is 0 Å². The number of ether oxygens (including phenoxy) is 1. The van der Waals surface area contributed by atoms with Gasteiger partial charge in [0, 0.05) is 36.8 Å². The van der Waals surface area contributed by atoms with Gasteiger partial charge in [-0.05, 0) is 28.4 Å². The third kappa shape index (κ3) is 2.69. The summed E-state index contributed by atoms with van der Waals surface area (Å²) in [6.07, 6.45) is 4.94. The Kier molecular flexibility index (Phi) is 3.59. The highest BCUT2D eigenvalue weighted by molar-refractivity contribution is 9.10. The van der Waals surface area contributed by atoms with Crippen molar-refractivity contribution in [3.63, 3.8) is 0 Å². The first kappa shape index (κ1) is 10.9. The average Bonchev–Trinajstić information content (AvgIpc) is 2.67. The predicted molar refractivity (Wildman–Crippen MR) is 64.1 cm³/mol. The Morgan fingerprint density at radius 2 is 2.47 bits per heavy atom. The Hall–Kier alpha value is -0.610. The van der Waals surface area contributed by atoms with Gasteiger partial charge in [0.15, 0.2) is 0 Å². The molecule has 3 nitrogen and oxygen atoms in total. The van der Waals surface area contributed by atoms with Gasteiger partial charge in [-0.3, -0.25) is 4.98 Å². The summed E-state index contributed by atoms with van der Waals surface area (Å²) >= 11 is 3.44. The maximum absolute atomic E-state index is 5.18. The molecule has 1 aromatic rings. The molecule has 0 spiro atoms. The number of hydrogen-bond donors (Lipinski definition) is 0. The van der Waals surface area contributed by atoms with Crippen molar-refractivity contribution >= 4 is 21.6 Å². The van der Waals surface area contributed by atoms with Gasteiger partial charge >= 0.3 is 0 Å². The van der Waals surface area contributed by atoms with E-state index in [0.717, 1.165) is 24.2 Å². The van der Waals surface area contributed by atoms with Gasteiger partial charge in [0.1, 0.15) is 0 Å². The van der Waals surface area contributed by atoms with E-state index in [1.165, 1.54) is 12.1 Å². The van der Waals surface area contributed by atoms with Crippen molar-refractivity contribution in [1.29, 1.82) is 0 Å². The minimum absolute atomic E-state index is 0.661. The zero-order valence-electron chi connectivity index (χ0n) is 8.82. The van der Waals surface area contributed by atoms with Crippen LogP contribution in [0.2, 0.25) is 0 Å². The van der Waals surface area contributed by atoms with Crippen molar-refractivity contribution in [3.05, 3.63) is 22.9 Å². The molecule has 0 N–H and O–H groups in total. The van der Waals surface area contributed by atoms with Crippen LogP contribution >= 0.6 is 15.9 Å². The number of anilines is 1.